The maximum Gasteiger partial charge on any atom is 0.229 e. The number of hydrogen-bond acceptors (Lipinski definition) is 5. The van der Waals surface area contributed by atoms with Gasteiger partial charge in [-0.15, -0.1) is 0 Å². The lowest BCUT2D eigenvalue weighted by atomic mass is 9.98. The number of aromatic nitrogens is 1. The molecule has 1 N–H and O–H groups in total. The molecule has 0 radical (unpaired) electrons. The molecule has 2 fully saturated rings. The van der Waals surface area contributed by atoms with Crippen molar-refractivity contribution in [1.82, 2.24) is 9.88 Å². The predicted molar refractivity (Wildman–Crippen MR) is 130 cm³/mol. The molecule has 0 bridgehead atoms. The summed E-state index contributed by atoms with van der Waals surface area (Å²) in [5.74, 6) is 0.424. The van der Waals surface area contributed by atoms with Gasteiger partial charge >= 0.3 is 0 Å². The van der Waals surface area contributed by atoms with Gasteiger partial charge in [0.2, 0.25) is 11.8 Å². The van der Waals surface area contributed by atoms with E-state index < -0.39 is 0 Å². The Hall–Kier alpha value is -3.00. The van der Waals surface area contributed by atoms with Crippen molar-refractivity contribution in [2.24, 2.45) is 11.8 Å². The number of anilines is 2. The molecule has 0 spiro atoms. The van der Waals surface area contributed by atoms with Gasteiger partial charge in [-0.25, -0.2) is 9.37 Å². The van der Waals surface area contributed by atoms with Gasteiger partial charge in [-0.2, -0.15) is 0 Å². The van der Waals surface area contributed by atoms with Crippen LogP contribution in [0.5, 0.6) is 0 Å². The number of carbonyl (C=O) groups is 2. The van der Waals surface area contributed by atoms with Crippen molar-refractivity contribution in [2.45, 2.75) is 39.7 Å². The van der Waals surface area contributed by atoms with E-state index in [4.69, 9.17) is 0 Å². The zero-order valence-electron chi connectivity index (χ0n) is 20.3. The van der Waals surface area contributed by atoms with Crippen LogP contribution in [0.15, 0.2) is 30.5 Å². The summed E-state index contributed by atoms with van der Waals surface area (Å²) in [5.41, 5.74) is 2.97. The molecule has 1 saturated carbocycles. The summed E-state index contributed by atoms with van der Waals surface area (Å²) in [5, 5.41) is 10.1. The molecule has 182 valence electrons. The Bertz CT molecular complexity index is 1090. The first-order valence-corrected chi connectivity index (χ1v) is 11.9. The maximum atomic E-state index is 13.8. The van der Waals surface area contributed by atoms with Gasteiger partial charge in [0.1, 0.15) is 11.6 Å². The smallest absolute Gasteiger partial charge is 0.229 e. The third kappa shape index (κ3) is 4.78. The molecule has 1 aliphatic heterocycles. The average Bonchev–Trinajstić information content (AvgIpc) is 3.67. The van der Waals surface area contributed by atoms with Gasteiger partial charge in [0.15, 0.2) is 0 Å². The Morgan fingerprint density at radius 2 is 1.94 bits per heavy atom. The quantitative estimate of drug-likeness (QED) is 0.705. The summed E-state index contributed by atoms with van der Waals surface area (Å²) in [6, 6.07) is 6.24. The fourth-order valence-corrected chi connectivity index (χ4v) is 4.61. The van der Waals surface area contributed by atoms with E-state index in [9.17, 15) is 19.1 Å². The van der Waals surface area contributed by atoms with Gasteiger partial charge in [0, 0.05) is 44.1 Å². The number of aliphatic hydroxyl groups excluding tert-OH is 1. The van der Waals surface area contributed by atoms with E-state index in [0.717, 1.165) is 29.5 Å². The Kier molecular flexibility index (Phi) is 6.89. The third-order valence-corrected chi connectivity index (χ3v) is 6.76. The van der Waals surface area contributed by atoms with E-state index in [2.05, 4.69) is 4.98 Å². The number of benzene rings is 1. The molecular formula is C26H33FN4O3. The number of aliphatic hydroxyl groups is 1. The number of nitrogens with zero attached hydrogens (tertiary/aromatic N) is 4. The minimum atomic E-state index is -0.319. The lowest BCUT2D eigenvalue weighted by Crippen LogP contribution is -2.57. The number of pyridine rings is 1. The van der Waals surface area contributed by atoms with Crippen molar-refractivity contribution >= 4 is 23.3 Å². The van der Waals surface area contributed by atoms with Crippen LogP contribution in [0.25, 0.3) is 11.1 Å². The van der Waals surface area contributed by atoms with Gasteiger partial charge in [0.05, 0.1) is 24.5 Å². The molecule has 1 aliphatic carbocycles. The van der Waals surface area contributed by atoms with Gasteiger partial charge in [-0.3, -0.25) is 9.59 Å². The Labute approximate surface area is 200 Å². The van der Waals surface area contributed by atoms with Gasteiger partial charge in [0.25, 0.3) is 0 Å². The zero-order chi connectivity index (χ0) is 24.6. The number of halogens is 1. The minimum Gasteiger partial charge on any atom is -0.394 e. The van der Waals surface area contributed by atoms with Crippen LogP contribution in [0, 0.1) is 24.6 Å². The molecule has 1 unspecified atom stereocenters. The standard InChI is InChI=1S/C26H33FN4O3/c1-16(2)25(33)29(4)23-13-28-24(12-22(23)21-8-7-19(27)11-17(21)3)31-10-9-30(14-20(31)15-32)26(34)18-5-6-18/h7-8,11-13,16,18,20,32H,5-6,9-10,14-15H2,1-4H3. The van der Waals surface area contributed by atoms with Crippen molar-refractivity contribution in [2.75, 3.05) is 43.1 Å². The Morgan fingerprint density at radius 3 is 2.56 bits per heavy atom. The molecule has 8 heteroatoms. The number of hydrogen-bond donors (Lipinski definition) is 1. The van der Waals surface area contributed by atoms with Crippen molar-refractivity contribution in [3.05, 3.63) is 41.8 Å². The fourth-order valence-electron chi connectivity index (χ4n) is 4.61. The van der Waals surface area contributed by atoms with Crippen LogP contribution in [0.1, 0.15) is 32.3 Å². The normalized spacial score (nSPS) is 18.4. The van der Waals surface area contributed by atoms with E-state index in [0.29, 0.717) is 31.1 Å². The van der Waals surface area contributed by atoms with Crippen LogP contribution in [-0.2, 0) is 9.59 Å². The largest absolute Gasteiger partial charge is 0.394 e. The Morgan fingerprint density at radius 1 is 1.21 bits per heavy atom. The molecule has 34 heavy (non-hydrogen) atoms. The molecule has 1 aromatic carbocycles. The number of carbonyl (C=O) groups excluding carboxylic acids is 2. The van der Waals surface area contributed by atoms with E-state index in [1.54, 1.807) is 24.2 Å². The maximum absolute atomic E-state index is 13.8. The van der Waals surface area contributed by atoms with Crippen LogP contribution < -0.4 is 9.80 Å². The highest BCUT2D eigenvalue weighted by atomic mass is 19.1. The first kappa shape index (κ1) is 24.1. The second-order valence-corrected chi connectivity index (χ2v) is 9.66. The molecule has 1 aromatic heterocycles. The second kappa shape index (κ2) is 9.70. The number of aryl methyl sites for hydroxylation is 1. The van der Waals surface area contributed by atoms with Gasteiger partial charge < -0.3 is 19.8 Å². The van der Waals surface area contributed by atoms with Crippen molar-refractivity contribution < 1.29 is 19.1 Å². The molecule has 2 aliphatic rings. The molecular weight excluding hydrogens is 435 g/mol. The number of rotatable bonds is 6. The highest BCUT2D eigenvalue weighted by Crippen LogP contribution is 2.37. The fraction of sp³-hybridized carbons (Fsp3) is 0.500. The molecule has 2 aromatic rings. The zero-order valence-corrected chi connectivity index (χ0v) is 20.3. The second-order valence-electron chi connectivity index (χ2n) is 9.66. The average molecular weight is 469 g/mol. The van der Waals surface area contributed by atoms with Crippen LogP contribution in [0.3, 0.4) is 0 Å². The first-order valence-electron chi connectivity index (χ1n) is 11.9. The monoisotopic (exact) mass is 468 g/mol. The van der Waals surface area contributed by atoms with E-state index in [-0.39, 0.29) is 42.1 Å². The van der Waals surface area contributed by atoms with E-state index in [1.165, 1.54) is 12.1 Å². The highest BCUT2D eigenvalue weighted by molar-refractivity contribution is 5.98. The van der Waals surface area contributed by atoms with Crippen molar-refractivity contribution in [3.8, 4) is 11.1 Å². The van der Waals surface area contributed by atoms with Crippen LogP contribution in [0.4, 0.5) is 15.9 Å². The molecule has 7 nitrogen and oxygen atoms in total. The predicted octanol–water partition coefficient (Wildman–Crippen LogP) is 3.23. The summed E-state index contributed by atoms with van der Waals surface area (Å²) in [6.45, 7) is 7.01. The summed E-state index contributed by atoms with van der Waals surface area (Å²) in [7, 11) is 1.72. The van der Waals surface area contributed by atoms with E-state index in [1.807, 2.05) is 36.6 Å². The lowest BCUT2D eigenvalue weighted by Gasteiger charge is -2.41. The number of piperazine rings is 1. The van der Waals surface area contributed by atoms with Gasteiger partial charge in [-0.05, 0) is 49.1 Å². The minimum absolute atomic E-state index is 0.0454. The lowest BCUT2D eigenvalue weighted by molar-refractivity contribution is -0.133. The molecule has 1 atom stereocenters. The SMILES string of the molecule is Cc1cc(F)ccc1-c1cc(N2CCN(C(=O)C3CC3)CC2CO)ncc1N(C)C(=O)C(C)C. The molecule has 4 rings (SSSR count). The summed E-state index contributed by atoms with van der Waals surface area (Å²) < 4.78 is 13.8. The van der Waals surface area contributed by atoms with Gasteiger partial charge in [-0.1, -0.05) is 19.9 Å². The van der Waals surface area contributed by atoms with Crippen molar-refractivity contribution in [1.29, 1.82) is 0 Å². The van der Waals surface area contributed by atoms with Crippen molar-refractivity contribution in [3.63, 3.8) is 0 Å². The summed E-state index contributed by atoms with van der Waals surface area (Å²) in [4.78, 5) is 35.4. The first-order chi connectivity index (χ1) is 16.2. The Balaban J connectivity index is 1.71. The van der Waals surface area contributed by atoms with Crippen LogP contribution in [0.2, 0.25) is 0 Å². The topological polar surface area (TPSA) is 77.0 Å². The van der Waals surface area contributed by atoms with Crippen LogP contribution >= 0.6 is 0 Å². The summed E-state index contributed by atoms with van der Waals surface area (Å²) >= 11 is 0. The molecule has 1 saturated heterocycles. The molecule has 2 heterocycles. The number of amides is 2. The highest BCUT2D eigenvalue weighted by Gasteiger charge is 2.37. The molecule has 2 amide bonds. The summed E-state index contributed by atoms with van der Waals surface area (Å²) in [6.07, 6.45) is 3.58. The van der Waals surface area contributed by atoms with E-state index >= 15 is 0 Å². The van der Waals surface area contributed by atoms with Crippen LogP contribution in [-0.4, -0.2) is 66.1 Å². The third-order valence-electron chi connectivity index (χ3n) is 6.76.